The largest absolute Gasteiger partial charge is 0.490 e. The van der Waals surface area contributed by atoms with E-state index in [1.165, 1.54) is 12.8 Å². The number of hydrogen-bond acceptors (Lipinski definition) is 4. The molecular formula is C24H30N2O4. The molecule has 6 nitrogen and oxygen atoms in total. The van der Waals surface area contributed by atoms with Crippen LogP contribution in [0.5, 0.6) is 11.5 Å². The summed E-state index contributed by atoms with van der Waals surface area (Å²) in [5.74, 6) is 1.27. The minimum absolute atomic E-state index is 0.0247. The molecule has 160 valence electrons. The van der Waals surface area contributed by atoms with Crippen molar-refractivity contribution in [2.45, 2.75) is 51.6 Å². The lowest BCUT2D eigenvalue weighted by atomic mass is 10.1. The number of ether oxygens (including phenoxy) is 2. The van der Waals surface area contributed by atoms with Gasteiger partial charge in [-0.05, 0) is 81.0 Å². The predicted octanol–water partition coefficient (Wildman–Crippen LogP) is 4.09. The van der Waals surface area contributed by atoms with Crippen molar-refractivity contribution in [3.63, 3.8) is 0 Å². The summed E-state index contributed by atoms with van der Waals surface area (Å²) in [7, 11) is 0. The van der Waals surface area contributed by atoms with E-state index in [4.69, 9.17) is 9.47 Å². The Hall–Kier alpha value is -3.02. The molecule has 1 aliphatic carbocycles. The lowest BCUT2D eigenvalue weighted by molar-refractivity contribution is -0.123. The Morgan fingerprint density at radius 3 is 2.50 bits per heavy atom. The van der Waals surface area contributed by atoms with Gasteiger partial charge in [0.2, 0.25) is 5.91 Å². The number of amides is 2. The molecule has 3 rings (SSSR count). The molecule has 1 saturated carbocycles. The van der Waals surface area contributed by atoms with Gasteiger partial charge < -0.3 is 20.1 Å². The summed E-state index contributed by atoms with van der Waals surface area (Å²) < 4.78 is 11.4. The maximum atomic E-state index is 12.3. The van der Waals surface area contributed by atoms with Gasteiger partial charge in [-0.15, -0.1) is 0 Å². The molecule has 0 heterocycles. The van der Waals surface area contributed by atoms with E-state index >= 15 is 0 Å². The van der Waals surface area contributed by atoms with Gasteiger partial charge >= 0.3 is 0 Å². The molecule has 0 spiro atoms. The van der Waals surface area contributed by atoms with Crippen LogP contribution in [-0.4, -0.2) is 31.1 Å². The molecule has 0 atom stereocenters. The molecule has 0 aromatic heterocycles. The average molecular weight is 411 g/mol. The van der Waals surface area contributed by atoms with Gasteiger partial charge in [0.1, 0.15) is 11.5 Å². The number of rotatable bonds is 10. The van der Waals surface area contributed by atoms with E-state index in [-0.39, 0.29) is 18.4 Å². The SMILES string of the molecule is CCNC(=O)COc1ccc(NC(=O)CCc2cccc(OC3CCCC3)c2)cc1. The number of aryl methyl sites for hydroxylation is 1. The quantitative estimate of drug-likeness (QED) is 0.618. The molecular weight excluding hydrogens is 380 g/mol. The third kappa shape index (κ3) is 7.10. The minimum atomic E-state index is -0.160. The van der Waals surface area contributed by atoms with Crippen molar-refractivity contribution in [3.05, 3.63) is 54.1 Å². The number of carbonyl (C=O) groups excluding carboxylic acids is 2. The highest BCUT2D eigenvalue weighted by molar-refractivity contribution is 5.90. The minimum Gasteiger partial charge on any atom is -0.490 e. The second kappa shape index (κ2) is 11.2. The van der Waals surface area contributed by atoms with Gasteiger partial charge in [-0.2, -0.15) is 0 Å². The van der Waals surface area contributed by atoms with Crippen LogP contribution in [0.1, 0.15) is 44.6 Å². The van der Waals surface area contributed by atoms with E-state index in [0.717, 1.165) is 24.2 Å². The molecule has 1 fully saturated rings. The topological polar surface area (TPSA) is 76.7 Å². The summed E-state index contributed by atoms with van der Waals surface area (Å²) in [6, 6.07) is 15.0. The molecule has 1 aliphatic rings. The summed E-state index contributed by atoms with van der Waals surface area (Å²) in [6.07, 6.45) is 6.11. The first-order valence-corrected chi connectivity index (χ1v) is 10.7. The second-order valence-electron chi connectivity index (χ2n) is 7.49. The van der Waals surface area contributed by atoms with Crippen LogP contribution < -0.4 is 20.1 Å². The Kier molecular flexibility index (Phi) is 8.12. The van der Waals surface area contributed by atoms with Crippen molar-refractivity contribution in [2.24, 2.45) is 0 Å². The van der Waals surface area contributed by atoms with E-state index in [1.807, 2.05) is 31.2 Å². The maximum absolute atomic E-state index is 12.3. The molecule has 6 heteroatoms. The highest BCUT2D eigenvalue weighted by atomic mass is 16.5. The summed E-state index contributed by atoms with van der Waals surface area (Å²) in [5.41, 5.74) is 1.79. The van der Waals surface area contributed by atoms with Crippen molar-refractivity contribution in [2.75, 3.05) is 18.5 Å². The van der Waals surface area contributed by atoms with E-state index in [0.29, 0.717) is 36.9 Å². The summed E-state index contributed by atoms with van der Waals surface area (Å²) in [4.78, 5) is 23.7. The molecule has 2 amide bonds. The van der Waals surface area contributed by atoms with Gasteiger partial charge in [-0.1, -0.05) is 12.1 Å². The highest BCUT2D eigenvalue weighted by Gasteiger charge is 2.16. The third-order valence-electron chi connectivity index (χ3n) is 5.03. The molecule has 2 aromatic rings. The van der Waals surface area contributed by atoms with Crippen LogP contribution in [0.2, 0.25) is 0 Å². The lowest BCUT2D eigenvalue weighted by Gasteiger charge is -2.14. The standard InChI is InChI=1S/C24H30N2O4/c1-2-25-24(28)17-29-20-13-11-19(12-14-20)26-23(27)15-10-18-6-5-9-22(16-18)30-21-7-3-4-8-21/h5-6,9,11-14,16,21H,2-4,7-8,10,15,17H2,1H3,(H,25,28)(H,26,27). The molecule has 0 aliphatic heterocycles. The number of likely N-dealkylation sites (N-methyl/N-ethyl adjacent to an activating group) is 1. The van der Waals surface area contributed by atoms with Gasteiger partial charge in [0.05, 0.1) is 6.10 Å². The molecule has 2 N–H and O–H groups in total. The van der Waals surface area contributed by atoms with Crippen molar-refractivity contribution in [3.8, 4) is 11.5 Å². The lowest BCUT2D eigenvalue weighted by Crippen LogP contribution is -2.28. The summed E-state index contributed by atoms with van der Waals surface area (Å²) in [6.45, 7) is 2.41. The zero-order valence-corrected chi connectivity index (χ0v) is 17.5. The fourth-order valence-electron chi connectivity index (χ4n) is 3.49. The van der Waals surface area contributed by atoms with Crippen LogP contribution in [0.4, 0.5) is 5.69 Å². The zero-order chi connectivity index (χ0) is 21.2. The fourth-order valence-corrected chi connectivity index (χ4v) is 3.49. The van der Waals surface area contributed by atoms with Crippen LogP contribution in [0.3, 0.4) is 0 Å². The van der Waals surface area contributed by atoms with E-state index in [1.54, 1.807) is 24.3 Å². The van der Waals surface area contributed by atoms with E-state index < -0.39 is 0 Å². The smallest absolute Gasteiger partial charge is 0.257 e. The average Bonchev–Trinajstić information content (AvgIpc) is 3.25. The Morgan fingerprint density at radius 1 is 1.00 bits per heavy atom. The molecule has 0 unspecified atom stereocenters. The van der Waals surface area contributed by atoms with Gasteiger partial charge in [-0.3, -0.25) is 9.59 Å². The molecule has 0 saturated heterocycles. The van der Waals surface area contributed by atoms with Crippen LogP contribution in [0.25, 0.3) is 0 Å². The molecule has 30 heavy (non-hydrogen) atoms. The normalized spacial score (nSPS) is 13.6. The predicted molar refractivity (Wildman–Crippen MR) is 117 cm³/mol. The summed E-state index contributed by atoms with van der Waals surface area (Å²) >= 11 is 0. The van der Waals surface area contributed by atoms with Crippen molar-refractivity contribution >= 4 is 17.5 Å². The van der Waals surface area contributed by atoms with Crippen LogP contribution >= 0.6 is 0 Å². The Morgan fingerprint density at radius 2 is 1.77 bits per heavy atom. The Labute approximate surface area is 178 Å². The summed E-state index contributed by atoms with van der Waals surface area (Å²) in [5, 5.41) is 5.57. The Balaban J connectivity index is 1.42. The van der Waals surface area contributed by atoms with Crippen molar-refractivity contribution in [1.29, 1.82) is 0 Å². The third-order valence-corrected chi connectivity index (χ3v) is 5.03. The molecule has 0 radical (unpaired) electrons. The number of anilines is 1. The van der Waals surface area contributed by atoms with Gasteiger partial charge in [-0.25, -0.2) is 0 Å². The second-order valence-corrected chi connectivity index (χ2v) is 7.49. The number of carbonyl (C=O) groups is 2. The first-order chi connectivity index (χ1) is 14.6. The van der Waals surface area contributed by atoms with Crippen LogP contribution in [0, 0.1) is 0 Å². The van der Waals surface area contributed by atoms with Crippen molar-refractivity contribution < 1.29 is 19.1 Å². The number of hydrogen-bond donors (Lipinski definition) is 2. The Bertz CT molecular complexity index is 829. The van der Waals surface area contributed by atoms with E-state index in [2.05, 4.69) is 10.6 Å². The molecule has 2 aromatic carbocycles. The fraction of sp³-hybridized carbons (Fsp3) is 0.417. The van der Waals surface area contributed by atoms with Gasteiger partial charge in [0, 0.05) is 18.7 Å². The first-order valence-electron chi connectivity index (χ1n) is 10.7. The maximum Gasteiger partial charge on any atom is 0.257 e. The van der Waals surface area contributed by atoms with Crippen molar-refractivity contribution in [1.82, 2.24) is 5.32 Å². The number of benzene rings is 2. The van der Waals surface area contributed by atoms with Gasteiger partial charge in [0.15, 0.2) is 6.61 Å². The van der Waals surface area contributed by atoms with Crippen LogP contribution in [-0.2, 0) is 16.0 Å². The first kappa shape index (κ1) is 21.7. The number of nitrogens with one attached hydrogen (secondary N) is 2. The molecule has 0 bridgehead atoms. The van der Waals surface area contributed by atoms with Gasteiger partial charge in [0.25, 0.3) is 5.91 Å². The van der Waals surface area contributed by atoms with E-state index in [9.17, 15) is 9.59 Å². The van der Waals surface area contributed by atoms with Crippen LogP contribution in [0.15, 0.2) is 48.5 Å². The highest BCUT2D eigenvalue weighted by Crippen LogP contribution is 2.25. The monoisotopic (exact) mass is 410 g/mol. The zero-order valence-electron chi connectivity index (χ0n) is 17.5.